The Bertz CT molecular complexity index is 1270. The van der Waals surface area contributed by atoms with E-state index >= 15 is 0 Å². The highest BCUT2D eigenvalue weighted by molar-refractivity contribution is 5.70. The maximum absolute atomic E-state index is 12.8. The van der Waals surface area contributed by atoms with E-state index in [1.54, 1.807) is 0 Å². The van der Waals surface area contributed by atoms with Gasteiger partial charge >= 0.3 is 11.9 Å². The van der Waals surface area contributed by atoms with Gasteiger partial charge in [-0.15, -0.1) is 0 Å². The molecule has 1 atom stereocenters. The molecule has 1 unspecified atom stereocenters. The lowest BCUT2D eigenvalue weighted by Gasteiger charge is -2.18. The van der Waals surface area contributed by atoms with E-state index in [-0.39, 0.29) is 25.2 Å². The molecular weight excluding hydrogens is 813 g/mol. The van der Waals surface area contributed by atoms with Crippen molar-refractivity contribution in [2.45, 2.75) is 258 Å². The van der Waals surface area contributed by atoms with Crippen LogP contribution in [0.1, 0.15) is 252 Å². The Balaban J connectivity index is 4.33. The molecule has 0 spiro atoms. The molecule has 0 heterocycles. The van der Waals surface area contributed by atoms with Gasteiger partial charge in [-0.3, -0.25) is 9.59 Å². The zero-order valence-electron chi connectivity index (χ0n) is 43.4. The van der Waals surface area contributed by atoms with Crippen molar-refractivity contribution in [2.24, 2.45) is 0 Å². The molecule has 378 valence electrons. The Labute approximate surface area is 409 Å². The van der Waals surface area contributed by atoms with Crippen LogP contribution in [0.15, 0.2) is 97.2 Å². The molecule has 66 heavy (non-hydrogen) atoms. The lowest BCUT2D eigenvalue weighted by atomic mass is 10.1. The molecule has 0 radical (unpaired) electrons. The summed E-state index contributed by atoms with van der Waals surface area (Å²) < 4.78 is 17.4. The van der Waals surface area contributed by atoms with Crippen molar-refractivity contribution in [3.8, 4) is 0 Å². The maximum Gasteiger partial charge on any atom is 0.306 e. The Hall–Kier alpha value is -3.18. The van der Waals surface area contributed by atoms with Gasteiger partial charge in [0, 0.05) is 19.4 Å². The second kappa shape index (κ2) is 56.1. The highest BCUT2D eigenvalue weighted by Gasteiger charge is 2.17. The van der Waals surface area contributed by atoms with Gasteiger partial charge in [0.15, 0.2) is 6.10 Å². The van der Waals surface area contributed by atoms with Gasteiger partial charge in [-0.1, -0.05) is 234 Å². The summed E-state index contributed by atoms with van der Waals surface area (Å²) in [4.78, 5) is 25.4. The normalized spacial score (nSPS) is 13.0. The minimum atomic E-state index is -0.576. The Morgan fingerprint density at radius 2 is 0.727 bits per heavy atom. The predicted molar refractivity (Wildman–Crippen MR) is 288 cm³/mol. The molecule has 0 amide bonds. The molecule has 0 aliphatic heterocycles. The van der Waals surface area contributed by atoms with E-state index in [0.29, 0.717) is 25.9 Å². The first-order chi connectivity index (χ1) is 32.6. The first-order valence-corrected chi connectivity index (χ1v) is 27.8. The van der Waals surface area contributed by atoms with Crippen LogP contribution >= 0.6 is 0 Å². The molecule has 5 heteroatoms. The Morgan fingerprint density at radius 3 is 1.20 bits per heavy atom. The first-order valence-electron chi connectivity index (χ1n) is 27.8. The van der Waals surface area contributed by atoms with E-state index < -0.39 is 6.10 Å². The van der Waals surface area contributed by atoms with Crippen molar-refractivity contribution in [2.75, 3.05) is 19.8 Å². The summed E-state index contributed by atoms with van der Waals surface area (Å²) in [6.45, 7) is 7.59. The fourth-order valence-corrected chi connectivity index (χ4v) is 7.45. The molecular formula is C61H104O5. The Kier molecular flexibility index (Phi) is 53.4. The van der Waals surface area contributed by atoms with E-state index in [9.17, 15) is 9.59 Å². The summed E-state index contributed by atoms with van der Waals surface area (Å²) in [7, 11) is 0. The van der Waals surface area contributed by atoms with E-state index in [2.05, 4.69) is 112 Å². The van der Waals surface area contributed by atoms with Gasteiger partial charge in [0.1, 0.15) is 6.61 Å². The molecule has 0 aromatic rings. The fraction of sp³-hybridized carbons (Fsp3) is 0.705. The molecule has 0 N–H and O–H groups in total. The Morgan fingerprint density at radius 1 is 0.348 bits per heavy atom. The molecule has 5 nitrogen and oxygen atoms in total. The van der Waals surface area contributed by atoms with Gasteiger partial charge in [0.2, 0.25) is 0 Å². The first kappa shape index (κ1) is 62.8. The number of esters is 2. The molecule has 0 rings (SSSR count). The SMILES string of the molecule is CC/C=C\C/C=C\C/C=C\C/C=C\C/C=C\C/C=C\CCC(=O)OCC(COCCCCCCCCCCCC/C=C\CCCCCCCC)OC(=O)CCCCCCC/C=C\CCCC. The average Bonchev–Trinajstić information content (AvgIpc) is 3.32. The molecule has 0 aliphatic rings. The van der Waals surface area contributed by atoms with E-state index in [0.717, 1.165) is 77.0 Å². The third-order valence-corrected chi connectivity index (χ3v) is 11.6. The largest absolute Gasteiger partial charge is 0.462 e. The minimum absolute atomic E-state index is 0.0378. The van der Waals surface area contributed by atoms with Gasteiger partial charge in [0.25, 0.3) is 0 Å². The van der Waals surface area contributed by atoms with Crippen LogP contribution in [0.25, 0.3) is 0 Å². The van der Waals surface area contributed by atoms with Crippen LogP contribution in [-0.2, 0) is 23.8 Å². The zero-order chi connectivity index (χ0) is 47.7. The van der Waals surface area contributed by atoms with Crippen molar-refractivity contribution < 1.29 is 23.8 Å². The average molecular weight is 917 g/mol. The van der Waals surface area contributed by atoms with Crippen LogP contribution in [0.5, 0.6) is 0 Å². The van der Waals surface area contributed by atoms with E-state index in [4.69, 9.17) is 14.2 Å². The minimum Gasteiger partial charge on any atom is -0.462 e. The highest BCUT2D eigenvalue weighted by atomic mass is 16.6. The number of hydrogen-bond donors (Lipinski definition) is 0. The van der Waals surface area contributed by atoms with Crippen molar-refractivity contribution in [3.63, 3.8) is 0 Å². The van der Waals surface area contributed by atoms with E-state index in [1.165, 1.54) is 135 Å². The number of ether oxygens (including phenoxy) is 3. The van der Waals surface area contributed by atoms with Crippen molar-refractivity contribution >= 4 is 11.9 Å². The second-order valence-corrected chi connectivity index (χ2v) is 18.1. The van der Waals surface area contributed by atoms with Crippen molar-refractivity contribution in [3.05, 3.63) is 97.2 Å². The second-order valence-electron chi connectivity index (χ2n) is 18.1. The van der Waals surface area contributed by atoms with Gasteiger partial charge in [0.05, 0.1) is 6.61 Å². The fourth-order valence-electron chi connectivity index (χ4n) is 7.45. The highest BCUT2D eigenvalue weighted by Crippen LogP contribution is 2.14. The number of rotatable bonds is 50. The summed E-state index contributed by atoms with van der Waals surface area (Å²) in [5.74, 6) is -0.505. The summed E-state index contributed by atoms with van der Waals surface area (Å²) >= 11 is 0. The monoisotopic (exact) mass is 917 g/mol. The van der Waals surface area contributed by atoms with Gasteiger partial charge in [-0.2, -0.15) is 0 Å². The number of carbonyl (C=O) groups is 2. The van der Waals surface area contributed by atoms with Crippen LogP contribution in [0.3, 0.4) is 0 Å². The summed E-state index contributed by atoms with van der Waals surface area (Å²) in [6.07, 6.45) is 75.8. The molecule has 0 fully saturated rings. The molecule has 0 aliphatic carbocycles. The van der Waals surface area contributed by atoms with Crippen molar-refractivity contribution in [1.82, 2.24) is 0 Å². The van der Waals surface area contributed by atoms with Crippen LogP contribution in [0, 0.1) is 0 Å². The van der Waals surface area contributed by atoms with Gasteiger partial charge in [-0.05, 0) is 103 Å². The molecule has 0 aromatic heterocycles. The lowest BCUT2D eigenvalue weighted by Crippen LogP contribution is -2.30. The number of allylic oxidation sites excluding steroid dienone is 16. The van der Waals surface area contributed by atoms with Crippen LogP contribution < -0.4 is 0 Å². The molecule has 0 saturated heterocycles. The molecule has 0 bridgehead atoms. The summed E-state index contributed by atoms with van der Waals surface area (Å²) in [6, 6.07) is 0. The number of unbranched alkanes of at least 4 members (excludes halogenated alkanes) is 23. The van der Waals surface area contributed by atoms with Crippen molar-refractivity contribution in [1.29, 1.82) is 0 Å². The lowest BCUT2D eigenvalue weighted by molar-refractivity contribution is -0.162. The maximum atomic E-state index is 12.8. The summed E-state index contributed by atoms with van der Waals surface area (Å²) in [5.41, 5.74) is 0. The van der Waals surface area contributed by atoms with Gasteiger partial charge < -0.3 is 14.2 Å². The molecule has 0 aromatic carbocycles. The quantitative estimate of drug-likeness (QED) is 0.0346. The standard InChI is InChI=1S/C61H104O5/c1-4-7-10-13-16-19-22-24-26-28-30-32-34-36-38-41-44-47-50-53-56-64-57-59(66-61(63)55-52-49-46-43-39-21-18-15-12-9-6-3)58-65-60(62)54-51-48-45-42-40-37-35-33-31-29-27-25-23-20-17-14-11-8-5-2/h8,11,15,17-18,20,24-27,31,33,37,40,45,48,59H,4-7,9-10,12-14,16,19,21-23,28-30,32,34-36,38-39,41-44,46-47,49-58H2,1-3H3/b11-8-,18-15-,20-17-,26-24-,27-25-,33-31-,40-37-,48-45-. The van der Waals surface area contributed by atoms with Crippen LogP contribution in [-0.4, -0.2) is 37.9 Å². The summed E-state index contributed by atoms with van der Waals surface area (Å²) in [5, 5.41) is 0. The zero-order valence-corrected chi connectivity index (χ0v) is 43.4. The van der Waals surface area contributed by atoms with Gasteiger partial charge in [-0.25, -0.2) is 0 Å². The van der Waals surface area contributed by atoms with Crippen LogP contribution in [0.2, 0.25) is 0 Å². The third-order valence-electron chi connectivity index (χ3n) is 11.6. The smallest absolute Gasteiger partial charge is 0.306 e. The predicted octanol–water partition coefficient (Wildman–Crippen LogP) is 19.0. The molecule has 0 saturated carbocycles. The number of hydrogen-bond acceptors (Lipinski definition) is 5. The third kappa shape index (κ3) is 53.4. The topological polar surface area (TPSA) is 61.8 Å². The van der Waals surface area contributed by atoms with E-state index in [1.807, 2.05) is 6.08 Å². The van der Waals surface area contributed by atoms with Crippen LogP contribution in [0.4, 0.5) is 0 Å². The number of carbonyl (C=O) groups excluding carboxylic acids is 2.